The Morgan fingerprint density at radius 3 is 2.67 bits per heavy atom. The summed E-state index contributed by atoms with van der Waals surface area (Å²) in [5.74, 6) is 2.36. The molecule has 2 rings (SSSR count). The number of hydrogen-bond acceptors (Lipinski definition) is 1. The zero-order valence-corrected chi connectivity index (χ0v) is 9.49. The Bertz CT molecular complexity index is 618. The van der Waals surface area contributed by atoms with Gasteiger partial charge in [-0.15, -0.1) is 6.42 Å². The van der Waals surface area contributed by atoms with Crippen LogP contribution < -0.4 is 0 Å². The Hall–Kier alpha value is -2.22. The second-order valence-electron chi connectivity index (χ2n) is 3.79. The Labute approximate surface area is 102 Å². The molecule has 18 heavy (non-hydrogen) atoms. The monoisotopic (exact) mass is 250 g/mol. The molecule has 0 saturated heterocycles. The fourth-order valence-corrected chi connectivity index (χ4v) is 1.67. The lowest BCUT2D eigenvalue weighted by atomic mass is 10.0. The van der Waals surface area contributed by atoms with E-state index >= 15 is 0 Å². The fourth-order valence-electron chi connectivity index (χ4n) is 1.67. The molecule has 0 fully saturated rings. The summed E-state index contributed by atoms with van der Waals surface area (Å²) in [6.45, 7) is 0. The van der Waals surface area contributed by atoms with Crippen molar-refractivity contribution in [2.45, 2.75) is 6.18 Å². The summed E-state index contributed by atoms with van der Waals surface area (Å²) in [7, 11) is 1.66. The lowest BCUT2D eigenvalue weighted by molar-refractivity contribution is -0.137. The zero-order chi connectivity index (χ0) is 13.3. The van der Waals surface area contributed by atoms with Crippen molar-refractivity contribution in [3.63, 3.8) is 0 Å². The Kier molecular flexibility index (Phi) is 2.87. The summed E-state index contributed by atoms with van der Waals surface area (Å²) in [5.41, 5.74) is 0.556. The topological polar surface area (TPSA) is 17.8 Å². The third kappa shape index (κ3) is 2.23. The Balaban J connectivity index is 2.55. The minimum Gasteiger partial charge on any atom is -0.274 e. The van der Waals surface area contributed by atoms with Gasteiger partial charge in [0.15, 0.2) is 0 Å². The highest BCUT2D eigenvalue weighted by Crippen LogP contribution is 2.32. The molecule has 0 spiro atoms. The van der Waals surface area contributed by atoms with Gasteiger partial charge in [0.1, 0.15) is 5.69 Å². The Morgan fingerprint density at radius 1 is 1.33 bits per heavy atom. The predicted octanol–water partition coefficient (Wildman–Crippen LogP) is 3.09. The quantitative estimate of drug-likeness (QED) is 0.711. The average molecular weight is 250 g/mol. The van der Waals surface area contributed by atoms with Gasteiger partial charge in [-0.05, 0) is 23.6 Å². The van der Waals surface area contributed by atoms with Crippen molar-refractivity contribution in [3.05, 3.63) is 41.7 Å². The van der Waals surface area contributed by atoms with Crippen LogP contribution in [0.15, 0.2) is 30.5 Å². The fraction of sp³-hybridized carbons (Fsp3) is 0.154. The third-order valence-electron chi connectivity index (χ3n) is 2.47. The van der Waals surface area contributed by atoms with Gasteiger partial charge >= 0.3 is 6.18 Å². The lowest BCUT2D eigenvalue weighted by Crippen LogP contribution is -2.04. The van der Waals surface area contributed by atoms with Crippen LogP contribution in [0.4, 0.5) is 13.2 Å². The summed E-state index contributed by atoms with van der Waals surface area (Å²) in [4.78, 5) is 0. The number of nitrogens with zero attached hydrogens (tertiary/aromatic N) is 2. The van der Waals surface area contributed by atoms with Gasteiger partial charge in [-0.3, -0.25) is 4.68 Å². The van der Waals surface area contributed by atoms with Gasteiger partial charge in [-0.2, -0.15) is 18.3 Å². The first-order chi connectivity index (χ1) is 8.41. The van der Waals surface area contributed by atoms with E-state index in [2.05, 4.69) is 11.0 Å². The second-order valence-corrected chi connectivity index (χ2v) is 3.79. The zero-order valence-electron chi connectivity index (χ0n) is 9.49. The number of rotatable bonds is 1. The number of hydrogen-bond donors (Lipinski definition) is 0. The van der Waals surface area contributed by atoms with Gasteiger partial charge in [-0.25, -0.2) is 0 Å². The van der Waals surface area contributed by atoms with Crippen molar-refractivity contribution >= 4 is 0 Å². The molecule has 0 amide bonds. The number of terminal acetylenes is 1. The molecule has 2 nitrogen and oxygen atoms in total. The number of benzene rings is 1. The van der Waals surface area contributed by atoms with Crippen LogP contribution in [0.25, 0.3) is 11.1 Å². The Morgan fingerprint density at radius 2 is 2.06 bits per heavy atom. The van der Waals surface area contributed by atoms with Crippen LogP contribution in [0.5, 0.6) is 0 Å². The van der Waals surface area contributed by atoms with Crippen LogP contribution in [0.1, 0.15) is 11.3 Å². The molecule has 2 aromatic rings. The van der Waals surface area contributed by atoms with Crippen molar-refractivity contribution in [1.29, 1.82) is 0 Å². The largest absolute Gasteiger partial charge is 0.416 e. The van der Waals surface area contributed by atoms with Crippen molar-refractivity contribution in [2.75, 3.05) is 0 Å². The van der Waals surface area contributed by atoms with E-state index in [4.69, 9.17) is 6.42 Å². The van der Waals surface area contributed by atoms with Gasteiger partial charge in [0.05, 0.1) is 5.56 Å². The normalized spacial score (nSPS) is 11.3. The molecule has 0 aliphatic heterocycles. The van der Waals surface area contributed by atoms with E-state index in [-0.39, 0.29) is 0 Å². The van der Waals surface area contributed by atoms with E-state index in [1.807, 2.05) is 0 Å². The molecular weight excluding hydrogens is 241 g/mol. The number of alkyl halides is 3. The van der Waals surface area contributed by atoms with Gasteiger partial charge in [-0.1, -0.05) is 12.1 Å². The second kappa shape index (κ2) is 4.22. The first-order valence-electron chi connectivity index (χ1n) is 5.09. The third-order valence-corrected chi connectivity index (χ3v) is 2.47. The molecular formula is C13H9F3N2. The highest BCUT2D eigenvalue weighted by molar-refractivity contribution is 5.69. The van der Waals surface area contributed by atoms with E-state index < -0.39 is 11.7 Å². The average Bonchev–Trinajstić information content (AvgIpc) is 2.69. The van der Waals surface area contributed by atoms with Crippen LogP contribution in [0, 0.1) is 12.3 Å². The number of halogens is 3. The molecule has 1 heterocycles. The molecule has 0 saturated carbocycles. The highest BCUT2D eigenvalue weighted by atomic mass is 19.4. The first kappa shape index (κ1) is 12.2. The highest BCUT2D eigenvalue weighted by Gasteiger charge is 2.30. The standard InChI is InChI=1S/C13H9F3N2/c1-3-12-11(8-18(2)17-12)9-5-4-6-10(7-9)13(14,15)16/h1,4-8H,2H3. The number of aryl methyl sites for hydroxylation is 1. The molecule has 0 bridgehead atoms. The maximum absolute atomic E-state index is 12.6. The van der Waals surface area contributed by atoms with Crippen LogP contribution in [0.2, 0.25) is 0 Å². The molecule has 0 aliphatic rings. The van der Waals surface area contributed by atoms with Gasteiger partial charge in [0.2, 0.25) is 0 Å². The molecule has 0 N–H and O–H groups in total. The van der Waals surface area contributed by atoms with Crippen LogP contribution in [-0.4, -0.2) is 9.78 Å². The molecule has 5 heteroatoms. The molecule has 92 valence electrons. The number of aromatic nitrogens is 2. The van der Waals surface area contributed by atoms with Crippen molar-refractivity contribution in [1.82, 2.24) is 9.78 Å². The van der Waals surface area contributed by atoms with Crippen LogP contribution >= 0.6 is 0 Å². The maximum atomic E-state index is 12.6. The summed E-state index contributed by atoms with van der Waals surface area (Å²) in [6.07, 6.45) is 2.51. The summed E-state index contributed by atoms with van der Waals surface area (Å²) < 4.78 is 39.3. The van der Waals surface area contributed by atoms with Crippen molar-refractivity contribution < 1.29 is 13.2 Å². The SMILES string of the molecule is C#Cc1nn(C)cc1-c1cccc(C(F)(F)F)c1. The molecule has 1 aromatic heterocycles. The van der Waals surface area contributed by atoms with Gasteiger partial charge < -0.3 is 0 Å². The van der Waals surface area contributed by atoms with E-state index in [0.29, 0.717) is 16.8 Å². The molecule has 0 radical (unpaired) electrons. The van der Waals surface area contributed by atoms with Gasteiger partial charge in [0, 0.05) is 18.8 Å². The molecule has 1 aromatic carbocycles. The van der Waals surface area contributed by atoms with E-state index in [9.17, 15) is 13.2 Å². The first-order valence-corrected chi connectivity index (χ1v) is 5.09. The van der Waals surface area contributed by atoms with E-state index in [0.717, 1.165) is 12.1 Å². The van der Waals surface area contributed by atoms with Crippen LogP contribution in [0.3, 0.4) is 0 Å². The molecule has 0 aliphatic carbocycles. The van der Waals surface area contributed by atoms with Gasteiger partial charge in [0.25, 0.3) is 0 Å². The predicted molar refractivity (Wildman–Crippen MR) is 61.6 cm³/mol. The van der Waals surface area contributed by atoms with E-state index in [1.54, 1.807) is 19.3 Å². The maximum Gasteiger partial charge on any atom is 0.416 e. The van der Waals surface area contributed by atoms with E-state index in [1.165, 1.54) is 10.7 Å². The van der Waals surface area contributed by atoms with Crippen LogP contribution in [-0.2, 0) is 13.2 Å². The molecule has 0 unspecified atom stereocenters. The summed E-state index contributed by atoms with van der Waals surface area (Å²) >= 11 is 0. The summed E-state index contributed by atoms with van der Waals surface area (Å²) in [6, 6.07) is 5.02. The van der Waals surface area contributed by atoms with Crippen molar-refractivity contribution in [2.24, 2.45) is 7.05 Å². The minimum atomic E-state index is -4.37. The van der Waals surface area contributed by atoms with Crippen molar-refractivity contribution in [3.8, 4) is 23.5 Å². The lowest BCUT2D eigenvalue weighted by Gasteiger charge is -2.07. The minimum absolute atomic E-state index is 0.330. The smallest absolute Gasteiger partial charge is 0.274 e. The molecule has 0 atom stereocenters. The summed E-state index contributed by atoms with van der Waals surface area (Å²) in [5, 5.41) is 4.00.